The van der Waals surface area contributed by atoms with Gasteiger partial charge in [0.2, 0.25) is 0 Å². The standard InChI is InChI=1S/C60H42O/c1-60(2)54-22-12-11-20-45(54)51-34-50-49-30-38(24-28-46(49)58(52(50)35-55(51)60)37-16-7-4-8-17-37)39-26-29-56-53(31-39)59-43(21-13-23-57(59)61-56)41-25-27-44-47(36-14-5-3-6-15-36)32-40-18-9-10-19-42(40)48(44)33-41/h3-31,33-35,47,58H,32H2,1-2H3. The van der Waals surface area contributed by atoms with Crippen molar-refractivity contribution in [1.29, 1.82) is 0 Å². The van der Waals surface area contributed by atoms with Gasteiger partial charge in [-0.05, 0) is 143 Å². The van der Waals surface area contributed by atoms with Crippen molar-refractivity contribution in [2.24, 2.45) is 0 Å². The van der Waals surface area contributed by atoms with Crippen LogP contribution in [0.3, 0.4) is 0 Å². The van der Waals surface area contributed by atoms with E-state index in [0.29, 0.717) is 5.92 Å². The highest BCUT2D eigenvalue weighted by Gasteiger charge is 2.39. The summed E-state index contributed by atoms with van der Waals surface area (Å²) in [6.07, 6.45) is 1.01. The minimum atomic E-state index is -0.0576. The van der Waals surface area contributed by atoms with E-state index in [-0.39, 0.29) is 11.3 Å². The Balaban J connectivity index is 0.958. The summed E-state index contributed by atoms with van der Waals surface area (Å²) in [6, 6.07) is 72.6. The maximum absolute atomic E-state index is 6.62. The van der Waals surface area contributed by atoms with E-state index in [2.05, 4.69) is 208 Å². The zero-order chi connectivity index (χ0) is 40.4. The SMILES string of the molecule is CC1(C)c2ccccc2-c2cc3c(cc21)C(c1ccccc1)c1ccc(-c2ccc4oc5cccc(-c6ccc7c(c6)-c6ccccc6CC7c6ccccc6)c5c4c2)cc1-3. The first-order valence-corrected chi connectivity index (χ1v) is 21.7. The van der Waals surface area contributed by atoms with Gasteiger partial charge in [0, 0.05) is 28.0 Å². The fraction of sp³-hybridized carbons (Fsp3) is 0.100. The van der Waals surface area contributed by atoms with Crippen LogP contribution in [0.2, 0.25) is 0 Å². The highest BCUT2D eigenvalue weighted by molar-refractivity contribution is 6.13. The van der Waals surface area contributed by atoms with Crippen molar-refractivity contribution in [2.75, 3.05) is 0 Å². The summed E-state index contributed by atoms with van der Waals surface area (Å²) in [6.45, 7) is 4.77. The van der Waals surface area contributed by atoms with Gasteiger partial charge in [-0.25, -0.2) is 0 Å². The molecule has 0 saturated heterocycles. The zero-order valence-electron chi connectivity index (χ0n) is 34.2. The first-order chi connectivity index (χ1) is 30.0. The number of benzene rings is 9. The van der Waals surface area contributed by atoms with Gasteiger partial charge in [0.05, 0.1) is 0 Å². The predicted molar refractivity (Wildman–Crippen MR) is 252 cm³/mol. The lowest BCUT2D eigenvalue weighted by atomic mass is 9.75. The summed E-state index contributed by atoms with van der Waals surface area (Å²) in [4.78, 5) is 0. The van der Waals surface area contributed by atoms with E-state index in [1.54, 1.807) is 0 Å². The largest absolute Gasteiger partial charge is 0.456 e. The Kier molecular flexibility index (Phi) is 7.32. The van der Waals surface area contributed by atoms with Gasteiger partial charge in [-0.2, -0.15) is 0 Å². The Bertz CT molecular complexity index is 3420. The van der Waals surface area contributed by atoms with Crippen LogP contribution in [0.25, 0.3) is 77.6 Å². The van der Waals surface area contributed by atoms with Crippen LogP contribution in [0.1, 0.15) is 70.2 Å². The van der Waals surface area contributed by atoms with Crippen molar-refractivity contribution in [3.05, 3.63) is 239 Å². The molecule has 0 N–H and O–H groups in total. The summed E-state index contributed by atoms with van der Waals surface area (Å²) in [5.74, 6) is 0.499. The minimum Gasteiger partial charge on any atom is -0.456 e. The fourth-order valence-electron chi connectivity index (χ4n) is 11.4. The topological polar surface area (TPSA) is 13.1 Å². The summed E-state index contributed by atoms with van der Waals surface area (Å²) in [5.41, 5.74) is 25.7. The fourth-order valence-corrected chi connectivity index (χ4v) is 11.4. The number of fused-ring (bicyclic) bond motifs is 12. The molecule has 2 atom stereocenters. The van der Waals surface area contributed by atoms with E-state index < -0.39 is 0 Å². The van der Waals surface area contributed by atoms with Crippen LogP contribution in [-0.2, 0) is 11.8 Å². The molecule has 13 rings (SSSR count). The maximum Gasteiger partial charge on any atom is 0.136 e. The normalized spacial score (nSPS) is 16.4. The van der Waals surface area contributed by atoms with Crippen molar-refractivity contribution in [3.8, 4) is 55.6 Å². The van der Waals surface area contributed by atoms with Gasteiger partial charge >= 0.3 is 0 Å². The maximum atomic E-state index is 6.62. The monoisotopic (exact) mass is 778 g/mol. The van der Waals surface area contributed by atoms with Crippen LogP contribution < -0.4 is 0 Å². The number of hydrogen-bond donors (Lipinski definition) is 0. The third kappa shape index (κ3) is 5.07. The zero-order valence-corrected chi connectivity index (χ0v) is 34.2. The summed E-state index contributed by atoms with van der Waals surface area (Å²) >= 11 is 0. The van der Waals surface area contributed by atoms with Crippen molar-refractivity contribution < 1.29 is 4.42 Å². The quantitative estimate of drug-likeness (QED) is 0.173. The van der Waals surface area contributed by atoms with E-state index in [9.17, 15) is 0 Å². The number of hydrogen-bond acceptors (Lipinski definition) is 1. The third-order valence-corrected chi connectivity index (χ3v) is 14.4. The Morgan fingerprint density at radius 1 is 0.410 bits per heavy atom. The number of furan rings is 1. The third-order valence-electron chi connectivity index (χ3n) is 14.4. The molecular weight excluding hydrogens is 737 g/mol. The Labute approximate surface area is 356 Å². The molecule has 1 nitrogen and oxygen atoms in total. The highest BCUT2D eigenvalue weighted by atomic mass is 16.3. The van der Waals surface area contributed by atoms with E-state index >= 15 is 0 Å². The molecule has 288 valence electrons. The predicted octanol–water partition coefficient (Wildman–Crippen LogP) is 15.7. The average Bonchev–Trinajstić information content (AvgIpc) is 3.93. The smallest absolute Gasteiger partial charge is 0.136 e. The molecule has 1 aromatic heterocycles. The van der Waals surface area contributed by atoms with Crippen molar-refractivity contribution in [3.63, 3.8) is 0 Å². The summed E-state index contributed by atoms with van der Waals surface area (Å²) in [5, 5.41) is 2.30. The average molecular weight is 779 g/mol. The molecule has 1 heteroatoms. The van der Waals surface area contributed by atoms with E-state index in [1.165, 1.54) is 100 Å². The van der Waals surface area contributed by atoms with Gasteiger partial charge < -0.3 is 4.42 Å². The Morgan fingerprint density at radius 2 is 1.05 bits per heavy atom. The van der Waals surface area contributed by atoms with E-state index in [1.807, 2.05) is 0 Å². The van der Waals surface area contributed by atoms with E-state index in [0.717, 1.165) is 28.4 Å². The highest BCUT2D eigenvalue weighted by Crippen LogP contribution is 2.56. The molecule has 0 radical (unpaired) electrons. The molecule has 0 saturated carbocycles. The molecule has 61 heavy (non-hydrogen) atoms. The van der Waals surface area contributed by atoms with Gasteiger partial charge in [-0.15, -0.1) is 0 Å². The molecule has 3 aliphatic carbocycles. The van der Waals surface area contributed by atoms with E-state index in [4.69, 9.17) is 4.42 Å². The van der Waals surface area contributed by atoms with Gasteiger partial charge in [0.25, 0.3) is 0 Å². The Morgan fingerprint density at radius 3 is 1.90 bits per heavy atom. The van der Waals surface area contributed by atoms with Crippen molar-refractivity contribution in [2.45, 2.75) is 37.5 Å². The van der Waals surface area contributed by atoms with Gasteiger partial charge in [-0.3, -0.25) is 0 Å². The lowest BCUT2D eigenvalue weighted by Gasteiger charge is -2.29. The molecule has 0 amide bonds. The van der Waals surface area contributed by atoms with Gasteiger partial charge in [-0.1, -0.05) is 172 Å². The molecule has 3 aliphatic rings. The second-order valence-corrected chi connectivity index (χ2v) is 17.9. The second kappa shape index (κ2) is 12.9. The van der Waals surface area contributed by atoms with Crippen LogP contribution in [0.15, 0.2) is 199 Å². The van der Waals surface area contributed by atoms with Crippen LogP contribution in [-0.4, -0.2) is 0 Å². The van der Waals surface area contributed by atoms with Crippen molar-refractivity contribution >= 4 is 21.9 Å². The number of rotatable bonds is 4. The Hall–Kier alpha value is -7.22. The lowest BCUT2D eigenvalue weighted by Crippen LogP contribution is -2.15. The van der Waals surface area contributed by atoms with Gasteiger partial charge in [0.15, 0.2) is 0 Å². The molecule has 0 spiro atoms. The minimum absolute atomic E-state index is 0.0576. The summed E-state index contributed by atoms with van der Waals surface area (Å²) in [7, 11) is 0. The van der Waals surface area contributed by atoms with Crippen LogP contribution in [0, 0.1) is 0 Å². The first kappa shape index (κ1) is 34.6. The molecule has 0 bridgehead atoms. The molecule has 1 heterocycles. The van der Waals surface area contributed by atoms with Crippen molar-refractivity contribution in [1.82, 2.24) is 0 Å². The van der Waals surface area contributed by atoms with Crippen LogP contribution in [0.4, 0.5) is 0 Å². The van der Waals surface area contributed by atoms with Crippen LogP contribution in [0.5, 0.6) is 0 Å². The second-order valence-electron chi connectivity index (χ2n) is 17.9. The summed E-state index contributed by atoms with van der Waals surface area (Å²) < 4.78 is 6.62. The molecule has 9 aromatic carbocycles. The molecule has 0 aliphatic heterocycles. The molecule has 10 aromatic rings. The lowest BCUT2D eigenvalue weighted by molar-refractivity contribution is 0.659. The first-order valence-electron chi connectivity index (χ1n) is 21.7. The molecule has 2 unspecified atom stereocenters. The molecular formula is C60H42O. The van der Waals surface area contributed by atoms with Gasteiger partial charge in [0.1, 0.15) is 11.2 Å². The van der Waals surface area contributed by atoms with Crippen LogP contribution >= 0.6 is 0 Å². The molecule has 0 fully saturated rings.